The zero-order chi connectivity index (χ0) is 32.7. The number of hydrogen-bond donors (Lipinski definition) is 0. The first-order chi connectivity index (χ1) is 23.0. The second-order valence-electron chi connectivity index (χ2n) is 16.2. The van der Waals surface area contributed by atoms with Crippen LogP contribution in [0.1, 0.15) is 52.7 Å². The van der Waals surface area contributed by atoms with E-state index in [1.807, 2.05) is 0 Å². The predicted molar refractivity (Wildman–Crippen MR) is 210 cm³/mol. The predicted octanol–water partition coefficient (Wildman–Crippen LogP) is 14.0. The summed E-state index contributed by atoms with van der Waals surface area (Å²) in [6, 6.07) is 46.9. The third kappa shape index (κ3) is 3.78. The Labute approximate surface area is 282 Å². The highest BCUT2D eigenvalue weighted by atomic mass is 14.3. The fraction of sp³-hybridized carbons (Fsp3) is 0.167. The Morgan fingerprint density at radius 2 is 0.854 bits per heavy atom. The monoisotopic (exact) mass is 614 g/mol. The van der Waals surface area contributed by atoms with Gasteiger partial charge in [0.05, 0.1) is 0 Å². The summed E-state index contributed by atoms with van der Waals surface area (Å²) in [6.07, 6.45) is 0. The zero-order valence-corrected chi connectivity index (χ0v) is 28.5. The number of rotatable bonds is 1. The van der Waals surface area contributed by atoms with Crippen LogP contribution in [0.15, 0.2) is 121 Å². The molecule has 0 heterocycles. The van der Waals surface area contributed by atoms with Gasteiger partial charge in [-0.3, -0.25) is 0 Å². The molecule has 0 saturated carbocycles. The van der Waals surface area contributed by atoms with Gasteiger partial charge in [-0.1, -0.05) is 126 Å². The molecular weight excluding hydrogens is 577 g/mol. The van der Waals surface area contributed by atoms with Crippen molar-refractivity contribution < 1.29 is 0 Å². The molecule has 0 fully saturated rings. The maximum atomic E-state index is 2.54. The highest BCUT2D eigenvalue weighted by molar-refractivity contribution is 6.33. The fourth-order valence-electron chi connectivity index (χ4n) is 8.59. The van der Waals surface area contributed by atoms with Gasteiger partial charge in [0, 0.05) is 0 Å². The molecule has 10 rings (SSSR count). The minimum Gasteiger partial charge on any atom is -0.0622 e. The molecule has 0 atom stereocenters. The summed E-state index contributed by atoms with van der Waals surface area (Å²) in [4.78, 5) is 0. The van der Waals surface area contributed by atoms with E-state index >= 15 is 0 Å². The van der Waals surface area contributed by atoms with E-state index in [-0.39, 0.29) is 10.8 Å². The standard InChI is InChI=1S/C48H38/c1-47(2,3)32-19-31-20-33(48(4,5)6)23-43-41-26-39-36-21-30-16-15-28-13-10-14-29-17-18-34(46(30)44(28)29)37(36)24-35(27-11-8-7-9-12-27)38(39)25-40(41)42(22-32)45(31)43/h7-26H,1-6H3. The minimum absolute atomic E-state index is 0.0465. The van der Waals surface area contributed by atoms with Crippen molar-refractivity contribution in [3.8, 4) is 33.4 Å². The molecule has 0 N–H and O–H groups in total. The van der Waals surface area contributed by atoms with Gasteiger partial charge in [-0.05, 0) is 156 Å². The van der Waals surface area contributed by atoms with Gasteiger partial charge >= 0.3 is 0 Å². The molecular formula is C48H38. The molecule has 230 valence electrons. The lowest BCUT2D eigenvalue weighted by Gasteiger charge is -2.23. The second-order valence-corrected chi connectivity index (χ2v) is 16.2. The number of fused-ring (bicyclic) bond motifs is 7. The van der Waals surface area contributed by atoms with Crippen LogP contribution in [0.5, 0.6) is 0 Å². The molecule has 0 amide bonds. The van der Waals surface area contributed by atoms with Crippen LogP contribution in [-0.4, -0.2) is 0 Å². The van der Waals surface area contributed by atoms with Crippen molar-refractivity contribution in [2.75, 3.05) is 0 Å². The van der Waals surface area contributed by atoms with Gasteiger partial charge in [0.1, 0.15) is 0 Å². The Kier molecular flexibility index (Phi) is 5.36. The van der Waals surface area contributed by atoms with Crippen molar-refractivity contribution in [1.82, 2.24) is 0 Å². The molecule has 9 aromatic rings. The Morgan fingerprint density at radius 1 is 0.312 bits per heavy atom. The van der Waals surface area contributed by atoms with Crippen LogP contribution in [0.3, 0.4) is 0 Å². The van der Waals surface area contributed by atoms with Crippen molar-refractivity contribution in [2.24, 2.45) is 0 Å². The Morgan fingerprint density at radius 3 is 1.50 bits per heavy atom. The fourth-order valence-corrected chi connectivity index (χ4v) is 8.59. The van der Waals surface area contributed by atoms with E-state index in [0.717, 1.165) is 0 Å². The van der Waals surface area contributed by atoms with Gasteiger partial charge < -0.3 is 0 Å². The molecule has 0 radical (unpaired) electrons. The van der Waals surface area contributed by atoms with Gasteiger partial charge in [-0.2, -0.15) is 0 Å². The lowest BCUT2D eigenvalue weighted by molar-refractivity contribution is 0.589. The van der Waals surface area contributed by atoms with Crippen molar-refractivity contribution in [2.45, 2.75) is 52.4 Å². The first-order valence-electron chi connectivity index (χ1n) is 17.3. The van der Waals surface area contributed by atoms with Crippen LogP contribution in [0, 0.1) is 0 Å². The summed E-state index contributed by atoms with van der Waals surface area (Å²) in [5.74, 6) is 0. The van der Waals surface area contributed by atoms with Crippen LogP contribution < -0.4 is 0 Å². The summed E-state index contributed by atoms with van der Waals surface area (Å²) in [5, 5.41) is 16.1. The van der Waals surface area contributed by atoms with E-state index < -0.39 is 0 Å². The molecule has 1 aliphatic carbocycles. The molecule has 0 aromatic heterocycles. The normalized spacial score (nSPS) is 13.2. The number of hydrogen-bond acceptors (Lipinski definition) is 0. The molecule has 48 heavy (non-hydrogen) atoms. The van der Waals surface area contributed by atoms with Gasteiger partial charge in [0.25, 0.3) is 0 Å². The largest absolute Gasteiger partial charge is 0.0622 e. The second kappa shape index (κ2) is 9.24. The number of benzene rings is 9. The molecule has 0 heteroatoms. The average Bonchev–Trinajstić information content (AvgIpc) is 3.38. The van der Waals surface area contributed by atoms with Crippen molar-refractivity contribution in [3.05, 3.63) is 132 Å². The van der Waals surface area contributed by atoms with E-state index in [1.54, 1.807) is 0 Å². The third-order valence-corrected chi connectivity index (χ3v) is 11.2. The summed E-state index contributed by atoms with van der Waals surface area (Å²) >= 11 is 0. The SMILES string of the molecule is CC(C)(C)c1cc2c3c(cc(C(C)(C)C)cc3c1)-c1cc3c(cc1-2)c(-c1ccccc1)cc1c3cc2ccc3cccc4ccc1c2c34. The smallest absolute Gasteiger partial charge is 0.00203 e. The Bertz CT molecular complexity index is 2800. The van der Waals surface area contributed by atoms with Gasteiger partial charge in [-0.25, -0.2) is 0 Å². The minimum atomic E-state index is 0.0465. The molecule has 0 aliphatic heterocycles. The lowest BCUT2D eigenvalue weighted by Crippen LogP contribution is -2.12. The molecule has 0 saturated heterocycles. The van der Waals surface area contributed by atoms with Crippen LogP contribution in [0.4, 0.5) is 0 Å². The summed E-state index contributed by atoms with van der Waals surface area (Å²) in [5.41, 5.74) is 10.9. The Balaban J connectivity index is 1.39. The molecule has 9 aromatic carbocycles. The molecule has 0 bridgehead atoms. The zero-order valence-electron chi connectivity index (χ0n) is 28.5. The maximum absolute atomic E-state index is 2.54. The van der Waals surface area contributed by atoms with E-state index in [9.17, 15) is 0 Å². The summed E-state index contributed by atoms with van der Waals surface area (Å²) in [7, 11) is 0. The van der Waals surface area contributed by atoms with Crippen molar-refractivity contribution in [3.63, 3.8) is 0 Å². The maximum Gasteiger partial charge on any atom is -0.00203 e. The quantitative estimate of drug-likeness (QED) is 0.127. The highest BCUT2D eigenvalue weighted by Gasteiger charge is 2.29. The van der Waals surface area contributed by atoms with E-state index in [0.29, 0.717) is 0 Å². The summed E-state index contributed by atoms with van der Waals surface area (Å²) < 4.78 is 0. The molecule has 0 unspecified atom stereocenters. The highest BCUT2D eigenvalue weighted by Crippen LogP contribution is 2.53. The van der Waals surface area contributed by atoms with Crippen LogP contribution in [-0.2, 0) is 10.8 Å². The molecule has 0 nitrogen and oxygen atoms in total. The van der Waals surface area contributed by atoms with Gasteiger partial charge in [-0.15, -0.1) is 0 Å². The van der Waals surface area contributed by atoms with Gasteiger partial charge in [0.15, 0.2) is 0 Å². The topological polar surface area (TPSA) is 0 Å². The van der Waals surface area contributed by atoms with Crippen LogP contribution in [0.25, 0.3) is 98.0 Å². The molecule has 1 aliphatic rings. The van der Waals surface area contributed by atoms with E-state index in [1.165, 1.54) is 109 Å². The molecule has 0 spiro atoms. The third-order valence-electron chi connectivity index (χ3n) is 11.2. The van der Waals surface area contributed by atoms with Crippen LogP contribution in [0.2, 0.25) is 0 Å². The van der Waals surface area contributed by atoms with E-state index in [2.05, 4.69) is 163 Å². The van der Waals surface area contributed by atoms with Crippen molar-refractivity contribution >= 4 is 64.6 Å². The lowest BCUT2D eigenvalue weighted by atomic mass is 9.81. The summed E-state index contributed by atoms with van der Waals surface area (Å²) in [6.45, 7) is 14.0. The van der Waals surface area contributed by atoms with E-state index in [4.69, 9.17) is 0 Å². The van der Waals surface area contributed by atoms with Crippen molar-refractivity contribution in [1.29, 1.82) is 0 Å². The van der Waals surface area contributed by atoms with Gasteiger partial charge in [0.2, 0.25) is 0 Å². The Hall–Kier alpha value is -5.20. The first-order valence-corrected chi connectivity index (χ1v) is 17.3. The van der Waals surface area contributed by atoms with Crippen LogP contribution >= 0.6 is 0 Å². The average molecular weight is 615 g/mol. The first kappa shape index (κ1) is 27.9.